The maximum atomic E-state index is 11.8. The zero-order valence-corrected chi connectivity index (χ0v) is 20.5. The monoisotopic (exact) mass is 451 g/mol. The van der Waals surface area contributed by atoms with Gasteiger partial charge in [-0.1, -0.05) is 59.8 Å². The normalized spacial score (nSPS) is 48.7. The molecule has 0 aliphatic heterocycles. The molecular weight excluding hydrogens is 396 g/mol. The Balaban J connectivity index is 1.47. The minimum absolute atomic E-state index is 0.0741. The van der Waals surface area contributed by atoms with Crippen LogP contribution in [0.4, 0.5) is 0 Å². The molecule has 182 valence electrons. The molecule has 0 spiro atoms. The van der Waals surface area contributed by atoms with Gasteiger partial charge in [0.25, 0.3) is 0 Å². The Labute approximate surface area is 206 Å². The Morgan fingerprint density at radius 2 is 2.00 bits per heavy atom. The van der Waals surface area contributed by atoms with Gasteiger partial charge in [-0.25, -0.2) is 0 Å². The highest BCUT2D eigenvalue weighted by Gasteiger charge is 2.60. The number of carbonyl (C=O) groups excluding carboxylic acids is 1. The van der Waals surface area contributed by atoms with Gasteiger partial charge in [0.15, 0.2) is 0 Å². The standard InChI is InChI=1S/C29H48O3/c1-18(2)8-7-9-19(3)22-12-13-23-21-10-11-25-27(32-20(4)30)26(31)15-17-29(25,6)24(21)14-16-28(22,23)5/h11,18-19,21-24,26-27,31H,7-10,12-17H2,1-6H3/t19-,21+,22-,23+,24+,26+,27+,28-,29-/m1/s1/i1D3,2D3,18D. The van der Waals surface area contributed by atoms with Gasteiger partial charge in [-0.15, -0.1) is 0 Å². The first-order valence-electron chi connectivity index (χ1n) is 16.4. The highest BCUT2D eigenvalue weighted by Crippen LogP contribution is 2.67. The maximum absolute atomic E-state index is 11.8. The van der Waals surface area contributed by atoms with Crippen LogP contribution in [0.1, 0.15) is 115 Å². The molecular formula is C29H48O3. The third kappa shape index (κ3) is 4.10. The summed E-state index contributed by atoms with van der Waals surface area (Å²) in [6.45, 7) is 2.70. The zero-order valence-electron chi connectivity index (χ0n) is 27.5. The maximum Gasteiger partial charge on any atom is 0.303 e. The number of aliphatic hydroxyl groups is 1. The van der Waals surface area contributed by atoms with Crippen molar-refractivity contribution < 1.29 is 24.2 Å². The Morgan fingerprint density at radius 1 is 1.22 bits per heavy atom. The number of fused-ring (bicyclic) bond motifs is 5. The minimum Gasteiger partial charge on any atom is -0.455 e. The number of aliphatic hydroxyl groups excluding tert-OH is 1. The average molecular weight is 452 g/mol. The highest BCUT2D eigenvalue weighted by atomic mass is 16.6. The summed E-state index contributed by atoms with van der Waals surface area (Å²) in [5.74, 6) is -0.332. The smallest absolute Gasteiger partial charge is 0.303 e. The molecule has 0 amide bonds. The predicted octanol–water partition coefficient (Wildman–Crippen LogP) is 6.93. The van der Waals surface area contributed by atoms with Crippen LogP contribution >= 0.6 is 0 Å². The van der Waals surface area contributed by atoms with E-state index in [-0.39, 0.29) is 23.2 Å². The molecule has 0 heterocycles. The van der Waals surface area contributed by atoms with Crippen molar-refractivity contribution in [2.75, 3.05) is 0 Å². The summed E-state index contributed by atoms with van der Waals surface area (Å²) in [6, 6.07) is 0. The van der Waals surface area contributed by atoms with Crippen LogP contribution in [0.5, 0.6) is 0 Å². The lowest BCUT2D eigenvalue weighted by Crippen LogP contribution is -2.54. The molecule has 0 unspecified atom stereocenters. The van der Waals surface area contributed by atoms with Crippen LogP contribution in [0.15, 0.2) is 11.6 Å². The van der Waals surface area contributed by atoms with Gasteiger partial charge in [-0.05, 0) is 96.8 Å². The van der Waals surface area contributed by atoms with E-state index in [9.17, 15) is 9.90 Å². The first-order valence-corrected chi connectivity index (χ1v) is 12.9. The summed E-state index contributed by atoms with van der Waals surface area (Å²) in [7, 11) is 0. The molecule has 1 N–H and O–H groups in total. The summed E-state index contributed by atoms with van der Waals surface area (Å²) in [4.78, 5) is 11.8. The first kappa shape index (κ1) is 16.7. The predicted molar refractivity (Wildman–Crippen MR) is 130 cm³/mol. The van der Waals surface area contributed by atoms with Crippen LogP contribution in [0.25, 0.3) is 0 Å². The van der Waals surface area contributed by atoms with Crippen LogP contribution < -0.4 is 0 Å². The van der Waals surface area contributed by atoms with E-state index in [0.29, 0.717) is 42.4 Å². The average Bonchev–Trinajstić information content (AvgIpc) is 3.16. The molecule has 4 rings (SSSR count). The largest absolute Gasteiger partial charge is 0.455 e. The van der Waals surface area contributed by atoms with E-state index in [0.717, 1.165) is 50.5 Å². The van der Waals surface area contributed by atoms with Crippen LogP contribution in [-0.4, -0.2) is 23.3 Å². The lowest BCUT2D eigenvalue weighted by Gasteiger charge is -2.59. The van der Waals surface area contributed by atoms with Crippen LogP contribution in [0.3, 0.4) is 0 Å². The Morgan fingerprint density at radius 3 is 2.72 bits per heavy atom. The number of allylic oxidation sites excluding steroid dienone is 1. The second-order valence-corrected chi connectivity index (χ2v) is 11.9. The number of hydrogen-bond acceptors (Lipinski definition) is 3. The van der Waals surface area contributed by atoms with Gasteiger partial charge in [0, 0.05) is 16.5 Å². The molecule has 32 heavy (non-hydrogen) atoms. The van der Waals surface area contributed by atoms with Crippen molar-refractivity contribution in [1.29, 1.82) is 0 Å². The van der Waals surface area contributed by atoms with Crippen molar-refractivity contribution in [3.63, 3.8) is 0 Å². The van der Waals surface area contributed by atoms with Gasteiger partial charge >= 0.3 is 5.97 Å². The van der Waals surface area contributed by atoms with Gasteiger partial charge in [0.1, 0.15) is 6.10 Å². The Kier molecular flexibility index (Phi) is 4.75. The minimum atomic E-state index is -2.85. The molecule has 0 saturated heterocycles. The second kappa shape index (κ2) is 9.08. The number of esters is 1. The second-order valence-electron chi connectivity index (χ2n) is 11.9. The van der Waals surface area contributed by atoms with Crippen molar-refractivity contribution in [3.8, 4) is 0 Å². The third-order valence-electron chi connectivity index (χ3n) is 10.3. The first-order chi connectivity index (χ1) is 17.9. The molecule has 0 aromatic heterocycles. The molecule has 3 nitrogen and oxygen atoms in total. The molecule has 3 fully saturated rings. The number of ether oxygens (including phenoxy) is 1. The van der Waals surface area contributed by atoms with E-state index in [1.165, 1.54) is 6.92 Å². The molecule has 3 saturated carbocycles. The molecule has 0 bridgehead atoms. The van der Waals surface area contributed by atoms with E-state index < -0.39 is 31.8 Å². The van der Waals surface area contributed by atoms with E-state index in [2.05, 4.69) is 26.8 Å². The third-order valence-corrected chi connectivity index (χ3v) is 10.3. The van der Waals surface area contributed by atoms with Crippen molar-refractivity contribution in [3.05, 3.63) is 11.6 Å². The number of carbonyl (C=O) groups is 1. The number of rotatable bonds is 6. The summed E-state index contributed by atoms with van der Waals surface area (Å²) in [5.41, 5.74) is 1.22. The molecule has 4 aliphatic rings. The van der Waals surface area contributed by atoms with E-state index >= 15 is 0 Å². The summed E-state index contributed by atoms with van der Waals surface area (Å²) >= 11 is 0. The fraction of sp³-hybridized carbons (Fsp3) is 0.897. The van der Waals surface area contributed by atoms with E-state index in [4.69, 9.17) is 14.3 Å². The van der Waals surface area contributed by atoms with Gasteiger partial charge in [-0.2, -0.15) is 0 Å². The van der Waals surface area contributed by atoms with Gasteiger partial charge in [0.05, 0.1) is 6.10 Å². The van der Waals surface area contributed by atoms with Crippen molar-refractivity contribution in [1.82, 2.24) is 0 Å². The van der Waals surface area contributed by atoms with E-state index in [1.54, 1.807) is 0 Å². The van der Waals surface area contributed by atoms with Crippen LogP contribution in [0, 0.1) is 46.3 Å². The van der Waals surface area contributed by atoms with Crippen molar-refractivity contribution in [2.45, 2.75) is 118 Å². The van der Waals surface area contributed by atoms with E-state index in [1.807, 2.05) is 0 Å². The van der Waals surface area contributed by atoms with Crippen LogP contribution in [0.2, 0.25) is 0 Å². The van der Waals surface area contributed by atoms with Crippen molar-refractivity contribution in [2.24, 2.45) is 46.3 Å². The fourth-order valence-electron chi connectivity index (χ4n) is 8.79. The lowest BCUT2D eigenvalue weighted by atomic mass is 9.46. The number of hydrogen-bond donors (Lipinski definition) is 1. The summed E-state index contributed by atoms with van der Waals surface area (Å²) in [5, 5.41) is 10.7. The molecule has 0 aromatic rings. The van der Waals surface area contributed by atoms with Gasteiger partial charge in [0.2, 0.25) is 0 Å². The quantitative estimate of drug-likeness (QED) is 0.352. The topological polar surface area (TPSA) is 46.5 Å². The van der Waals surface area contributed by atoms with Gasteiger partial charge in [-0.3, -0.25) is 4.79 Å². The molecule has 0 radical (unpaired) electrons. The molecule has 0 aromatic carbocycles. The Bertz CT molecular complexity index is 946. The molecule has 3 heteroatoms. The molecule has 9 atom stereocenters. The summed E-state index contributed by atoms with van der Waals surface area (Å²) < 4.78 is 60.3. The van der Waals surface area contributed by atoms with Gasteiger partial charge < -0.3 is 9.84 Å². The zero-order chi connectivity index (χ0) is 29.2. The fourth-order valence-corrected chi connectivity index (χ4v) is 8.79. The van der Waals surface area contributed by atoms with Crippen molar-refractivity contribution >= 4 is 5.97 Å². The summed E-state index contributed by atoms with van der Waals surface area (Å²) in [6.07, 6.45) is 9.09. The lowest BCUT2D eigenvalue weighted by molar-refractivity contribution is -0.155. The van der Waals surface area contributed by atoms with Crippen LogP contribution in [-0.2, 0) is 9.53 Å². The Hall–Kier alpha value is -0.830. The highest BCUT2D eigenvalue weighted by molar-refractivity contribution is 5.66. The molecule has 4 aliphatic carbocycles. The SMILES string of the molecule is [2H]C([2H])([2H])C([2H])(CCC[C@@H](C)[C@H]1CC[C@H]2[C@@H]3CC=C4[C@H](OC(C)=O)[C@@H](O)CC[C@]4(C)[C@H]3CC[C@]12C)C([2H])([2H])[2H].